The van der Waals surface area contributed by atoms with Gasteiger partial charge in [-0.15, -0.1) is 5.10 Å². The number of hydrogen-bond acceptors (Lipinski definition) is 4. The molecule has 0 fully saturated rings. The first kappa shape index (κ1) is 12.5. The van der Waals surface area contributed by atoms with Gasteiger partial charge in [0.1, 0.15) is 0 Å². The number of aromatic nitrogens is 4. The van der Waals surface area contributed by atoms with Crippen LogP contribution in [0.3, 0.4) is 0 Å². The molecule has 0 bridgehead atoms. The van der Waals surface area contributed by atoms with Crippen molar-refractivity contribution in [3.05, 3.63) is 30.1 Å². The Labute approximate surface area is 107 Å². The molecule has 0 aliphatic rings. The van der Waals surface area contributed by atoms with Crippen LogP contribution >= 0.6 is 0 Å². The van der Waals surface area contributed by atoms with E-state index in [1.165, 1.54) is 6.42 Å². The minimum atomic E-state index is 0.472. The van der Waals surface area contributed by atoms with E-state index in [-0.39, 0.29) is 0 Å². The fourth-order valence-electron chi connectivity index (χ4n) is 1.99. The summed E-state index contributed by atoms with van der Waals surface area (Å²) in [6.07, 6.45) is 2.34. The SMILES string of the molecule is CCCC(C)Nc1cccc(-n2nnnc2C)c1. The summed E-state index contributed by atoms with van der Waals surface area (Å²) in [6.45, 7) is 6.28. The standard InChI is InChI=1S/C13H19N5/c1-4-6-10(2)14-12-7-5-8-13(9-12)18-11(3)15-16-17-18/h5,7-10,14H,4,6H2,1-3H3. The van der Waals surface area contributed by atoms with Gasteiger partial charge in [-0.1, -0.05) is 19.4 Å². The lowest BCUT2D eigenvalue weighted by molar-refractivity contribution is 0.690. The summed E-state index contributed by atoms with van der Waals surface area (Å²) in [5.74, 6) is 0.786. The number of rotatable bonds is 5. The number of hydrogen-bond donors (Lipinski definition) is 1. The normalized spacial score (nSPS) is 12.4. The molecule has 5 nitrogen and oxygen atoms in total. The van der Waals surface area contributed by atoms with E-state index >= 15 is 0 Å². The second kappa shape index (κ2) is 5.62. The highest BCUT2D eigenvalue weighted by atomic mass is 15.5. The topological polar surface area (TPSA) is 55.6 Å². The molecule has 0 aliphatic heterocycles. The molecule has 1 aromatic heterocycles. The number of nitrogens with zero attached hydrogens (tertiary/aromatic N) is 4. The van der Waals surface area contributed by atoms with Crippen LogP contribution in [0.5, 0.6) is 0 Å². The van der Waals surface area contributed by atoms with Crippen LogP contribution in [0.2, 0.25) is 0 Å². The molecule has 1 unspecified atom stereocenters. The highest BCUT2D eigenvalue weighted by Gasteiger charge is 2.05. The Balaban J connectivity index is 2.18. The van der Waals surface area contributed by atoms with Gasteiger partial charge >= 0.3 is 0 Å². The van der Waals surface area contributed by atoms with E-state index in [4.69, 9.17) is 0 Å². The second-order valence-electron chi connectivity index (χ2n) is 4.52. The number of aryl methyl sites for hydroxylation is 1. The summed E-state index contributed by atoms with van der Waals surface area (Å²) in [5.41, 5.74) is 2.08. The number of tetrazole rings is 1. The van der Waals surface area contributed by atoms with Gasteiger partial charge in [-0.3, -0.25) is 0 Å². The molecule has 0 radical (unpaired) electrons. The van der Waals surface area contributed by atoms with E-state index in [0.717, 1.165) is 23.6 Å². The summed E-state index contributed by atoms with van der Waals surface area (Å²) in [7, 11) is 0. The van der Waals surface area contributed by atoms with Crippen LogP contribution in [0.15, 0.2) is 24.3 Å². The third kappa shape index (κ3) is 2.85. The number of benzene rings is 1. The van der Waals surface area contributed by atoms with Crippen molar-refractivity contribution in [3.8, 4) is 5.69 Å². The molecule has 0 saturated carbocycles. The van der Waals surface area contributed by atoms with Gasteiger partial charge in [0, 0.05) is 11.7 Å². The largest absolute Gasteiger partial charge is 0.383 e. The third-order valence-corrected chi connectivity index (χ3v) is 2.85. The van der Waals surface area contributed by atoms with Crippen molar-refractivity contribution >= 4 is 5.69 Å². The molecule has 1 heterocycles. The van der Waals surface area contributed by atoms with Gasteiger partial charge in [-0.2, -0.15) is 4.68 Å². The second-order valence-corrected chi connectivity index (χ2v) is 4.52. The fourth-order valence-corrected chi connectivity index (χ4v) is 1.99. The lowest BCUT2D eigenvalue weighted by Gasteiger charge is -2.15. The zero-order valence-corrected chi connectivity index (χ0v) is 11.1. The van der Waals surface area contributed by atoms with Gasteiger partial charge in [0.2, 0.25) is 0 Å². The van der Waals surface area contributed by atoms with Crippen LogP contribution in [0, 0.1) is 6.92 Å². The Morgan fingerprint density at radius 3 is 2.89 bits per heavy atom. The van der Waals surface area contributed by atoms with Gasteiger partial charge < -0.3 is 5.32 Å². The van der Waals surface area contributed by atoms with Crippen LogP contribution in [-0.2, 0) is 0 Å². The van der Waals surface area contributed by atoms with Crippen molar-refractivity contribution in [1.29, 1.82) is 0 Å². The van der Waals surface area contributed by atoms with Gasteiger partial charge in [0.05, 0.1) is 5.69 Å². The Bertz CT molecular complexity index is 506. The molecule has 0 aliphatic carbocycles. The van der Waals surface area contributed by atoms with Crippen molar-refractivity contribution in [1.82, 2.24) is 20.2 Å². The average molecular weight is 245 g/mol. The lowest BCUT2D eigenvalue weighted by atomic mass is 10.2. The van der Waals surface area contributed by atoms with E-state index in [2.05, 4.69) is 46.8 Å². The molecular formula is C13H19N5. The molecule has 5 heteroatoms. The van der Waals surface area contributed by atoms with Crippen LogP contribution < -0.4 is 5.32 Å². The molecule has 1 N–H and O–H groups in total. The average Bonchev–Trinajstić information content (AvgIpc) is 2.76. The smallest absolute Gasteiger partial charge is 0.153 e. The van der Waals surface area contributed by atoms with Crippen LogP contribution in [0.4, 0.5) is 5.69 Å². The number of anilines is 1. The first-order chi connectivity index (χ1) is 8.70. The van der Waals surface area contributed by atoms with Crippen molar-refractivity contribution in [2.75, 3.05) is 5.32 Å². The molecule has 96 valence electrons. The van der Waals surface area contributed by atoms with E-state index in [1.807, 2.05) is 19.1 Å². The van der Waals surface area contributed by atoms with Crippen LogP contribution in [0.25, 0.3) is 5.69 Å². The first-order valence-corrected chi connectivity index (χ1v) is 6.32. The van der Waals surface area contributed by atoms with Gasteiger partial charge in [-0.25, -0.2) is 0 Å². The monoisotopic (exact) mass is 245 g/mol. The molecule has 2 rings (SSSR count). The molecule has 2 aromatic rings. The molecule has 0 spiro atoms. The van der Waals surface area contributed by atoms with Crippen molar-refractivity contribution in [3.63, 3.8) is 0 Å². The molecule has 0 saturated heterocycles. The molecule has 1 aromatic carbocycles. The maximum atomic E-state index is 3.97. The van der Waals surface area contributed by atoms with Gasteiger partial charge in [0.25, 0.3) is 0 Å². The Hall–Kier alpha value is -1.91. The highest BCUT2D eigenvalue weighted by Crippen LogP contribution is 2.16. The highest BCUT2D eigenvalue weighted by molar-refractivity contribution is 5.51. The molecule has 18 heavy (non-hydrogen) atoms. The molecule has 1 atom stereocenters. The minimum Gasteiger partial charge on any atom is -0.383 e. The summed E-state index contributed by atoms with van der Waals surface area (Å²) in [5, 5.41) is 15.0. The lowest BCUT2D eigenvalue weighted by Crippen LogP contribution is -2.14. The minimum absolute atomic E-state index is 0.472. The van der Waals surface area contributed by atoms with E-state index in [9.17, 15) is 0 Å². The van der Waals surface area contributed by atoms with Crippen molar-refractivity contribution in [2.24, 2.45) is 0 Å². The predicted molar refractivity (Wildman–Crippen MR) is 71.9 cm³/mol. The maximum absolute atomic E-state index is 3.97. The zero-order chi connectivity index (χ0) is 13.0. The van der Waals surface area contributed by atoms with E-state index in [0.29, 0.717) is 6.04 Å². The fraction of sp³-hybridized carbons (Fsp3) is 0.462. The zero-order valence-electron chi connectivity index (χ0n) is 11.1. The van der Waals surface area contributed by atoms with Crippen LogP contribution in [-0.4, -0.2) is 26.2 Å². The Kier molecular flexibility index (Phi) is 3.92. The summed E-state index contributed by atoms with van der Waals surface area (Å²) in [4.78, 5) is 0. The Morgan fingerprint density at radius 2 is 2.22 bits per heavy atom. The van der Waals surface area contributed by atoms with Gasteiger partial charge in [-0.05, 0) is 48.9 Å². The van der Waals surface area contributed by atoms with Gasteiger partial charge in [0.15, 0.2) is 5.82 Å². The van der Waals surface area contributed by atoms with E-state index in [1.54, 1.807) is 4.68 Å². The third-order valence-electron chi connectivity index (χ3n) is 2.85. The quantitative estimate of drug-likeness (QED) is 0.879. The summed E-state index contributed by atoms with van der Waals surface area (Å²) in [6, 6.07) is 8.61. The van der Waals surface area contributed by atoms with Crippen molar-refractivity contribution in [2.45, 2.75) is 39.7 Å². The summed E-state index contributed by atoms with van der Waals surface area (Å²) < 4.78 is 1.73. The Morgan fingerprint density at radius 1 is 1.39 bits per heavy atom. The summed E-state index contributed by atoms with van der Waals surface area (Å²) >= 11 is 0. The number of nitrogens with one attached hydrogen (secondary N) is 1. The maximum Gasteiger partial charge on any atom is 0.153 e. The van der Waals surface area contributed by atoms with Crippen LogP contribution in [0.1, 0.15) is 32.5 Å². The van der Waals surface area contributed by atoms with Crippen molar-refractivity contribution < 1.29 is 0 Å². The molecular weight excluding hydrogens is 226 g/mol. The predicted octanol–water partition coefficient (Wildman–Crippen LogP) is 2.57. The first-order valence-electron chi connectivity index (χ1n) is 6.32. The molecule has 0 amide bonds. The van der Waals surface area contributed by atoms with E-state index < -0.39 is 0 Å².